The van der Waals surface area contributed by atoms with Gasteiger partial charge in [0.15, 0.2) is 5.82 Å². The van der Waals surface area contributed by atoms with Crippen molar-refractivity contribution in [3.8, 4) is 11.1 Å². The number of anilines is 1. The minimum Gasteiger partial charge on any atom is -0.373 e. The molecule has 5 aromatic rings. The SMILES string of the molecule is Cc1nc2cc(-c3cccc(NC(=O)[C@@H]4C[C@@H](F)CN4C(=O)Cn4nc(C(N)O)c5ccccc54)c3F)ccc2[nH]1. The Morgan fingerprint density at radius 3 is 2.80 bits per heavy atom. The Morgan fingerprint density at radius 2 is 2.00 bits per heavy atom. The van der Waals surface area contributed by atoms with E-state index in [1.807, 2.05) is 6.92 Å². The number of nitrogens with two attached hydrogens (primary N) is 1. The van der Waals surface area contributed by atoms with Crippen molar-refractivity contribution in [3.63, 3.8) is 0 Å². The third kappa shape index (κ3) is 4.92. The van der Waals surface area contributed by atoms with Crippen molar-refractivity contribution in [2.24, 2.45) is 5.73 Å². The molecule has 0 spiro atoms. The number of halogens is 2. The van der Waals surface area contributed by atoms with E-state index in [4.69, 9.17) is 5.73 Å². The van der Waals surface area contributed by atoms with Crippen LogP contribution in [0.3, 0.4) is 0 Å². The summed E-state index contributed by atoms with van der Waals surface area (Å²) < 4.78 is 31.5. The molecule has 1 fully saturated rings. The number of aliphatic hydroxyl groups is 1. The number of imidazole rings is 1. The maximum Gasteiger partial charge on any atom is 0.247 e. The molecule has 10 nitrogen and oxygen atoms in total. The maximum atomic E-state index is 15.6. The van der Waals surface area contributed by atoms with Gasteiger partial charge in [0, 0.05) is 17.4 Å². The van der Waals surface area contributed by atoms with Crippen molar-refractivity contribution < 1.29 is 23.5 Å². The van der Waals surface area contributed by atoms with Crippen molar-refractivity contribution in [3.05, 3.63) is 78.0 Å². The number of aromatic amines is 1. The van der Waals surface area contributed by atoms with Gasteiger partial charge in [-0.05, 0) is 36.8 Å². The molecule has 1 aliphatic heterocycles. The summed E-state index contributed by atoms with van der Waals surface area (Å²) >= 11 is 0. The summed E-state index contributed by atoms with van der Waals surface area (Å²) in [7, 11) is 0. The Kier molecular flexibility index (Phi) is 6.72. The highest BCUT2D eigenvalue weighted by molar-refractivity contribution is 5.98. The fourth-order valence-corrected chi connectivity index (χ4v) is 5.39. The zero-order chi connectivity index (χ0) is 28.8. The summed E-state index contributed by atoms with van der Waals surface area (Å²) in [4.78, 5) is 35.3. The number of benzene rings is 3. The molecule has 3 heterocycles. The number of aryl methyl sites for hydroxylation is 1. The van der Waals surface area contributed by atoms with E-state index in [0.29, 0.717) is 22.0 Å². The van der Waals surface area contributed by atoms with Gasteiger partial charge < -0.3 is 26.0 Å². The lowest BCUT2D eigenvalue weighted by atomic mass is 10.0. The summed E-state index contributed by atoms with van der Waals surface area (Å²) in [6, 6.07) is 15.7. The second-order valence-corrected chi connectivity index (χ2v) is 10.1. The first-order valence-corrected chi connectivity index (χ1v) is 13.1. The van der Waals surface area contributed by atoms with Crippen LogP contribution in [0.1, 0.15) is 24.2 Å². The summed E-state index contributed by atoms with van der Waals surface area (Å²) in [5.41, 5.74) is 8.64. The zero-order valence-corrected chi connectivity index (χ0v) is 22.0. The van der Waals surface area contributed by atoms with Crippen LogP contribution in [0.15, 0.2) is 60.7 Å². The number of rotatable bonds is 6. The number of nitrogens with one attached hydrogen (secondary N) is 2. The highest BCUT2D eigenvalue weighted by Gasteiger charge is 2.40. The van der Waals surface area contributed by atoms with Crippen LogP contribution < -0.4 is 11.1 Å². The van der Waals surface area contributed by atoms with Gasteiger partial charge in [0.05, 0.1) is 28.8 Å². The molecule has 3 atom stereocenters. The number of carbonyl (C=O) groups is 2. The number of hydrogen-bond acceptors (Lipinski definition) is 6. The maximum absolute atomic E-state index is 15.6. The number of para-hydroxylation sites is 1. The van der Waals surface area contributed by atoms with Crippen LogP contribution in [0.4, 0.5) is 14.5 Å². The number of fused-ring (bicyclic) bond motifs is 2. The Labute approximate surface area is 232 Å². The van der Waals surface area contributed by atoms with Gasteiger partial charge in [-0.15, -0.1) is 0 Å². The van der Waals surface area contributed by atoms with Gasteiger partial charge in [-0.2, -0.15) is 5.10 Å². The number of carbonyl (C=O) groups excluding carboxylic acids is 2. The van der Waals surface area contributed by atoms with E-state index in [2.05, 4.69) is 20.4 Å². The monoisotopic (exact) mass is 559 g/mol. The summed E-state index contributed by atoms with van der Waals surface area (Å²) in [5, 5.41) is 17.3. The Bertz CT molecular complexity index is 1800. The van der Waals surface area contributed by atoms with Crippen LogP contribution in [0.25, 0.3) is 33.1 Å². The van der Waals surface area contributed by atoms with E-state index >= 15 is 4.39 Å². The summed E-state index contributed by atoms with van der Waals surface area (Å²) in [6.45, 7) is 1.24. The molecule has 41 heavy (non-hydrogen) atoms. The van der Waals surface area contributed by atoms with E-state index in [0.717, 1.165) is 16.2 Å². The molecule has 0 aliphatic carbocycles. The lowest BCUT2D eigenvalue weighted by Gasteiger charge is -2.24. The molecule has 1 aliphatic rings. The van der Waals surface area contributed by atoms with Gasteiger partial charge >= 0.3 is 0 Å². The van der Waals surface area contributed by atoms with E-state index in [1.54, 1.807) is 54.6 Å². The molecule has 0 radical (unpaired) electrons. The zero-order valence-electron chi connectivity index (χ0n) is 22.0. The van der Waals surface area contributed by atoms with Crippen molar-refractivity contribution in [1.82, 2.24) is 24.6 Å². The number of amides is 2. The van der Waals surface area contributed by atoms with Gasteiger partial charge in [0.2, 0.25) is 11.8 Å². The third-order valence-electron chi connectivity index (χ3n) is 7.29. The van der Waals surface area contributed by atoms with Gasteiger partial charge in [0.25, 0.3) is 0 Å². The fourth-order valence-electron chi connectivity index (χ4n) is 5.39. The molecule has 6 rings (SSSR count). The van der Waals surface area contributed by atoms with Crippen LogP contribution in [-0.4, -0.2) is 60.3 Å². The van der Waals surface area contributed by atoms with Crippen LogP contribution in [0.2, 0.25) is 0 Å². The molecule has 0 saturated carbocycles. The van der Waals surface area contributed by atoms with Crippen molar-refractivity contribution >= 4 is 39.4 Å². The molecule has 12 heteroatoms. The van der Waals surface area contributed by atoms with Gasteiger partial charge in [-0.25, -0.2) is 13.8 Å². The van der Waals surface area contributed by atoms with Crippen LogP contribution >= 0.6 is 0 Å². The van der Waals surface area contributed by atoms with Crippen molar-refractivity contribution in [1.29, 1.82) is 0 Å². The average molecular weight is 560 g/mol. The molecule has 0 bridgehead atoms. The molecular formula is C29H27F2N7O3. The highest BCUT2D eigenvalue weighted by Crippen LogP contribution is 2.31. The summed E-state index contributed by atoms with van der Waals surface area (Å²) in [5.74, 6) is -1.17. The number of likely N-dealkylation sites (tertiary alicyclic amines) is 1. The molecule has 1 unspecified atom stereocenters. The quantitative estimate of drug-likeness (QED) is 0.235. The first-order chi connectivity index (χ1) is 19.7. The van der Waals surface area contributed by atoms with E-state index < -0.39 is 36.1 Å². The number of nitrogens with zero attached hydrogens (tertiary/aromatic N) is 4. The molecule has 210 valence electrons. The smallest absolute Gasteiger partial charge is 0.247 e. The molecule has 2 aromatic heterocycles. The number of H-pyrrole nitrogens is 1. The first kappa shape index (κ1) is 26.5. The lowest BCUT2D eigenvalue weighted by Crippen LogP contribution is -2.44. The van der Waals surface area contributed by atoms with E-state index in [-0.39, 0.29) is 36.5 Å². The Balaban J connectivity index is 1.23. The molecule has 2 amide bonds. The van der Waals surface area contributed by atoms with Crippen molar-refractivity contribution in [2.45, 2.75) is 38.3 Å². The minimum atomic E-state index is -1.43. The predicted octanol–water partition coefficient (Wildman–Crippen LogP) is 3.55. The standard InChI is InChI=1S/C29H27F2N7O3/c1-15-33-20-10-9-16(11-22(20)34-15)18-6-4-7-21(26(18)31)35-29(41)24-12-17(30)13-37(24)25(39)14-38-23-8-3-2-5-19(23)27(36-38)28(32)40/h2-11,17,24,28,40H,12-14,32H2,1H3,(H,33,34)(H,35,41)/t17-,24+,28?/m1/s1. The van der Waals surface area contributed by atoms with Gasteiger partial charge in [-0.3, -0.25) is 14.3 Å². The fraction of sp³-hybridized carbons (Fsp3) is 0.241. The number of alkyl halides is 1. The van der Waals surface area contributed by atoms with E-state index in [9.17, 15) is 19.1 Å². The molecular weight excluding hydrogens is 532 g/mol. The largest absolute Gasteiger partial charge is 0.373 e. The van der Waals surface area contributed by atoms with Crippen LogP contribution in [-0.2, 0) is 16.1 Å². The molecule has 3 aromatic carbocycles. The lowest BCUT2D eigenvalue weighted by molar-refractivity contribution is -0.137. The number of aromatic nitrogens is 4. The van der Waals surface area contributed by atoms with E-state index in [1.165, 1.54) is 10.7 Å². The Hall–Kier alpha value is -4.68. The normalized spacial score (nSPS) is 17.8. The average Bonchev–Trinajstić information content (AvgIpc) is 3.63. The first-order valence-electron chi connectivity index (χ1n) is 13.1. The van der Waals surface area contributed by atoms with Gasteiger partial charge in [0.1, 0.15) is 36.5 Å². The highest BCUT2D eigenvalue weighted by atomic mass is 19.1. The number of hydrogen-bond donors (Lipinski definition) is 4. The van der Waals surface area contributed by atoms with Crippen molar-refractivity contribution in [2.75, 3.05) is 11.9 Å². The molecule has 1 saturated heterocycles. The van der Waals surface area contributed by atoms with Crippen LogP contribution in [0, 0.1) is 12.7 Å². The molecule has 5 N–H and O–H groups in total. The predicted molar refractivity (Wildman–Crippen MR) is 149 cm³/mol. The third-order valence-corrected chi connectivity index (χ3v) is 7.29. The van der Waals surface area contributed by atoms with Crippen LogP contribution in [0.5, 0.6) is 0 Å². The minimum absolute atomic E-state index is 0.0832. The second-order valence-electron chi connectivity index (χ2n) is 10.1. The topological polar surface area (TPSA) is 142 Å². The summed E-state index contributed by atoms with van der Waals surface area (Å²) in [6.07, 6.45) is -3.00. The van der Waals surface area contributed by atoms with Gasteiger partial charge in [-0.1, -0.05) is 36.4 Å². The Morgan fingerprint density at radius 1 is 1.20 bits per heavy atom. The second kappa shape index (κ2) is 10.4. The number of aliphatic hydroxyl groups excluding tert-OH is 1.